The van der Waals surface area contributed by atoms with Crippen LogP contribution in [-0.2, 0) is 19.9 Å². The first-order valence-electron chi connectivity index (χ1n) is 7.93. The summed E-state index contributed by atoms with van der Waals surface area (Å²) >= 11 is 1.15. The number of anilines is 1. The number of sulfonamides is 1. The highest BCUT2D eigenvalue weighted by Crippen LogP contribution is 2.28. The second-order valence-corrected chi connectivity index (χ2v) is 11.4. The monoisotopic (exact) mass is 439 g/mol. The number of benzene rings is 2. The molecule has 0 radical (unpaired) electrons. The van der Waals surface area contributed by atoms with Crippen LogP contribution in [0.3, 0.4) is 0 Å². The summed E-state index contributed by atoms with van der Waals surface area (Å²) < 4.78 is 49.2. The third-order valence-electron chi connectivity index (χ3n) is 3.90. The van der Waals surface area contributed by atoms with E-state index in [-0.39, 0.29) is 15.4 Å². The van der Waals surface area contributed by atoms with E-state index >= 15 is 0 Å². The van der Waals surface area contributed by atoms with Crippen LogP contribution in [0.15, 0.2) is 52.3 Å². The molecule has 0 saturated carbocycles. The zero-order valence-electron chi connectivity index (χ0n) is 15.2. The topological polar surface area (TPSA) is 114 Å². The maximum absolute atomic E-state index is 12.4. The molecule has 0 spiro atoms. The fraction of sp³-hybridized carbons (Fsp3) is 0.176. The van der Waals surface area contributed by atoms with Crippen LogP contribution < -0.4 is 5.32 Å². The van der Waals surface area contributed by atoms with E-state index in [1.54, 1.807) is 6.07 Å². The number of nitrogens with one attached hydrogen (secondary N) is 1. The van der Waals surface area contributed by atoms with Gasteiger partial charge in [-0.25, -0.2) is 26.1 Å². The summed E-state index contributed by atoms with van der Waals surface area (Å²) in [5, 5.41) is 2.96. The highest BCUT2D eigenvalue weighted by atomic mass is 32.2. The van der Waals surface area contributed by atoms with Gasteiger partial charge >= 0.3 is 0 Å². The molecule has 3 aromatic rings. The molecular formula is C17H17N3O5S3. The molecule has 0 unspecified atom stereocenters. The predicted molar refractivity (Wildman–Crippen MR) is 108 cm³/mol. The number of carbonyl (C=O) groups excluding carboxylic acids is 1. The zero-order valence-corrected chi connectivity index (χ0v) is 17.7. The lowest BCUT2D eigenvalue weighted by Gasteiger charge is -2.11. The molecule has 3 rings (SSSR count). The second kappa shape index (κ2) is 7.24. The summed E-state index contributed by atoms with van der Waals surface area (Å²) in [7, 11) is -4.05. The number of hydrogen-bond acceptors (Lipinski definition) is 7. The van der Waals surface area contributed by atoms with Crippen molar-refractivity contribution in [1.29, 1.82) is 0 Å². The molecule has 0 fully saturated rings. The Kier molecular flexibility index (Phi) is 5.28. The Morgan fingerprint density at radius 1 is 1.00 bits per heavy atom. The van der Waals surface area contributed by atoms with Crippen LogP contribution >= 0.6 is 11.3 Å². The van der Waals surface area contributed by atoms with Crippen molar-refractivity contribution >= 4 is 52.5 Å². The van der Waals surface area contributed by atoms with Crippen LogP contribution in [-0.4, -0.2) is 52.4 Å². The van der Waals surface area contributed by atoms with Crippen molar-refractivity contribution in [2.45, 2.75) is 9.79 Å². The Bertz CT molecular complexity index is 1260. The Hall–Kier alpha value is -2.34. The summed E-state index contributed by atoms with van der Waals surface area (Å²) in [5.41, 5.74) is 0.842. The molecule has 1 amide bonds. The number of carbonyl (C=O) groups is 1. The fourth-order valence-electron chi connectivity index (χ4n) is 2.35. The standard InChI is InChI=1S/C17H17N3O5S3/c1-20(2)28(24,25)12-6-4-11(5-7-12)16(21)19-17-18-14-9-8-13(27(3,22)23)10-15(14)26-17/h4-10H,1-3H3,(H,18,19,21). The molecule has 0 aliphatic rings. The minimum Gasteiger partial charge on any atom is -0.298 e. The molecule has 148 valence electrons. The average molecular weight is 440 g/mol. The van der Waals surface area contributed by atoms with E-state index in [0.717, 1.165) is 21.9 Å². The van der Waals surface area contributed by atoms with Crippen LogP contribution in [0.2, 0.25) is 0 Å². The summed E-state index contributed by atoms with van der Waals surface area (Å²) in [5.74, 6) is -0.448. The van der Waals surface area contributed by atoms with E-state index in [2.05, 4.69) is 10.3 Å². The number of aromatic nitrogens is 1. The molecule has 28 heavy (non-hydrogen) atoms. The summed E-state index contributed by atoms with van der Waals surface area (Å²) in [4.78, 5) is 16.9. The Morgan fingerprint density at radius 3 is 2.18 bits per heavy atom. The molecule has 0 bridgehead atoms. The lowest BCUT2D eigenvalue weighted by atomic mass is 10.2. The minimum absolute atomic E-state index is 0.0855. The van der Waals surface area contributed by atoms with Gasteiger partial charge in [-0.2, -0.15) is 0 Å². The van der Waals surface area contributed by atoms with Crippen LogP contribution in [0.4, 0.5) is 5.13 Å². The first-order valence-corrected chi connectivity index (χ1v) is 12.1. The van der Waals surface area contributed by atoms with E-state index in [1.165, 1.54) is 50.5 Å². The SMILES string of the molecule is CN(C)S(=O)(=O)c1ccc(C(=O)Nc2nc3ccc(S(C)(=O)=O)cc3s2)cc1. The first kappa shape index (κ1) is 20.4. The molecule has 1 aromatic heterocycles. The van der Waals surface area contributed by atoms with Gasteiger partial charge in [0.2, 0.25) is 10.0 Å². The Balaban J connectivity index is 1.83. The largest absolute Gasteiger partial charge is 0.298 e. The normalized spacial score (nSPS) is 12.4. The van der Waals surface area contributed by atoms with E-state index < -0.39 is 25.8 Å². The molecule has 1 N–H and O–H groups in total. The molecule has 0 aliphatic carbocycles. The minimum atomic E-state index is -3.57. The van der Waals surface area contributed by atoms with Gasteiger partial charge in [0.1, 0.15) is 0 Å². The number of fused-ring (bicyclic) bond motifs is 1. The Labute approximate surface area is 166 Å². The van der Waals surface area contributed by atoms with Crippen molar-refractivity contribution in [3.8, 4) is 0 Å². The lowest BCUT2D eigenvalue weighted by molar-refractivity contribution is 0.102. The molecule has 1 heterocycles. The third kappa shape index (κ3) is 4.07. The van der Waals surface area contributed by atoms with Crippen LogP contribution in [0.1, 0.15) is 10.4 Å². The average Bonchev–Trinajstić information content (AvgIpc) is 3.02. The summed E-state index contributed by atoms with van der Waals surface area (Å²) in [6.07, 6.45) is 1.12. The zero-order chi connectivity index (χ0) is 20.7. The van der Waals surface area contributed by atoms with Gasteiger partial charge in [-0.05, 0) is 42.5 Å². The van der Waals surface area contributed by atoms with E-state index in [4.69, 9.17) is 0 Å². The maximum atomic E-state index is 12.4. The van der Waals surface area contributed by atoms with Crippen molar-refractivity contribution in [3.63, 3.8) is 0 Å². The molecule has 11 heteroatoms. The van der Waals surface area contributed by atoms with Gasteiger partial charge in [0.25, 0.3) is 5.91 Å². The van der Waals surface area contributed by atoms with Gasteiger partial charge < -0.3 is 0 Å². The summed E-state index contributed by atoms with van der Waals surface area (Å²) in [6, 6.07) is 10.1. The molecule has 2 aromatic carbocycles. The highest BCUT2D eigenvalue weighted by molar-refractivity contribution is 7.90. The van der Waals surface area contributed by atoms with Crippen LogP contribution in [0.5, 0.6) is 0 Å². The van der Waals surface area contributed by atoms with Gasteiger partial charge in [-0.3, -0.25) is 10.1 Å². The highest BCUT2D eigenvalue weighted by Gasteiger charge is 2.18. The lowest BCUT2D eigenvalue weighted by Crippen LogP contribution is -2.22. The number of hydrogen-bond donors (Lipinski definition) is 1. The number of rotatable bonds is 5. The first-order chi connectivity index (χ1) is 13.0. The maximum Gasteiger partial charge on any atom is 0.257 e. The smallest absolute Gasteiger partial charge is 0.257 e. The molecule has 8 nitrogen and oxygen atoms in total. The van der Waals surface area contributed by atoms with Crippen molar-refractivity contribution in [3.05, 3.63) is 48.0 Å². The quantitative estimate of drug-likeness (QED) is 0.652. The van der Waals surface area contributed by atoms with E-state index in [1.807, 2.05) is 0 Å². The fourth-order valence-corrected chi connectivity index (χ4v) is 4.87. The predicted octanol–water partition coefficient (Wildman–Crippen LogP) is 2.20. The third-order valence-corrected chi connectivity index (χ3v) is 7.78. The summed E-state index contributed by atoms with van der Waals surface area (Å²) in [6.45, 7) is 0. The Morgan fingerprint density at radius 2 is 1.61 bits per heavy atom. The van der Waals surface area contributed by atoms with Crippen molar-refractivity contribution in [1.82, 2.24) is 9.29 Å². The molecular weight excluding hydrogens is 422 g/mol. The van der Waals surface area contributed by atoms with Gasteiger partial charge in [-0.1, -0.05) is 11.3 Å². The second-order valence-electron chi connectivity index (χ2n) is 6.19. The van der Waals surface area contributed by atoms with Gasteiger partial charge in [-0.15, -0.1) is 0 Å². The van der Waals surface area contributed by atoms with Crippen LogP contribution in [0.25, 0.3) is 10.2 Å². The number of nitrogens with zero attached hydrogens (tertiary/aromatic N) is 2. The van der Waals surface area contributed by atoms with Gasteiger partial charge in [0.15, 0.2) is 15.0 Å². The number of thiazole rings is 1. The molecule has 0 saturated heterocycles. The van der Waals surface area contributed by atoms with Crippen molar-refractivity contribution in [2.75, 3.05) is 25.7 Å². The van der Waals surface area contributed by atoms with Gasteiger partial charge in [0.05, 0.1) is 20.0 Å². The van der Waals surface area contributed by atoms with Gasteiger partial charge in [0, 0.05) is 25.9 Å². The molecule has 0 atom stereocenters. The van der Waals surface area contributed by atoms with E-state index in [0.29, 0.717) is 15.3 Å². The van der Waals surface area contributed by atoms with Crippen molar-refractivity contribution < 1.29 is 21.6 Å². The van der Waals surface area contributed by atoms with Crippen molar-refractivity contribution in [2.24, 2.45) is 0 Å². The number of sulfone groups is 1. The number of amides is 1. The van der Waals surface area contributed by atoms with E-state index in [9.17, 15) is 21.6 Å². The molecule has 0 aliphatic heterocycles. The van der Waals surface area contributed by atoms with Crippen LogP contribution in [0, 0.1) is 0 Å².